The molecule has 0 atom stereocenters. The van der Waals surface area contributed by atoms with E-state index in [9.17, 15) is 4.79 Å². The van der Waals surface area contributed by atoms with E-state index in [2.05, 4.69) is 78.7 Å². The summed E-state index contributed by atoms with van der Waals surface area (Å²) in [6, 6.07) is 20.0. The van der Waals surface area contributed by atoms with Gasteiger partial charge >= 0.3 is 0 Å². The quantitative estimate of drug-likeness (QED) is 0.643. The van der Waals surface area contributed by atoms with Crippen molar-refractivity contribution in [3.05, 3.63) is 71.3 Å². The standard InChI is InChI=1S/C27H36N2O2/c1-21(2)23-10-8-22(9-11-23)18-29(25-12-13-25)19-26(30)28-20-27(14-16-31-17-15-27)24-6-4-3-5-7-24/h3-11,21,25H,12-20H2,1-2H3,(H,28,30). The monoisotopic (exact) mass is 420 g/mol. The van der Waals surface area contributed by atoms with Crippen molar-refractivity contribution in [2.24, 2.45) is 0 Å². The zero-order valence-corrected chi connectivity index (χ0v) is 19.0. The number of amides is 1. The topological polar surface area (TPSA) is 41.6 Å². The number of nitrogens with one attached hydrogen (secondary N) is 1. The highest BCUT2D eigenvalue weighted by Crippen LogP contribution is 2.34. The fraction of sp³-hybridized carbons (Fsp3) is 0.519. The molecule has 2 aliphatic rings. The molecule has 4 heteroatoms. The van der Waals surface area contributed by atoms with Gasteiger partial charge in [0.05, 0.1) is 6.54 Å². The van der Waals surface area contributed by atoms with Crippen molar-refractivity contribution in [2.75, 3.05) is 26.3 Å². The molecule has 166 valence electrons. The van der Waals surface area contributed by atoms with Gasteiger partial charge in [0, 0.05) is 37.8 Å². The van der Waals surface area contributed by atoms with Gasteiger partial charge in [-0.05, 0) is 48.3 Å². The molecule has 31 heavy (non-hydrogen) atoms. The van der Waals surface area contributed by atoms with Crippen molar-refractivity contribution in [1.82, 2.24) is 10.2 Å². The average Bonchev–Trinajstić information content (AvgIpc) is 3.64. The maximum Gasteiger partial charge on any atom is 0.234 e. The van der Waals surface area contributed by atoms with Crippen molar-refractivity contribution >= 4 is 5.91 Å². The summed E-state index contributed by atoms with van der Waals surface area (Å²) in [5.41, 5.74) is 3.94. The van der Waals surface area contributed by atoms with Gasteiger partial charge < -0.3 is 10.1 Å². The van der Waals surface area contributed by atoms with Crippen LogP contribution in [0.4, 0.5) is 0 Å². The van der Waals surface area contributed by atoms with E-state index in [0.717, 1.165) is 32.6 Å². The first kappa shape index (κ1) is 22.0. The molecule has 0 aromatic heterocycles. The first-order chi connectivity index (χ1) is 15.1. The Morgan fingerprint density at radius 1 is 1.06 bits per heavy atom. The number of ether oxygens (including phenoxy) is 1. The van der Waals surface area contributed by atoms with Gasteiger partial charge in [0.1, 0.15) is 0 Å². The molecule has 0 bridgehead atoms. The number of hydrogen-bond acceptors (Lipinski definition) is 3. The highest BCUT2D eigenvalue weighted by molar-refractivity contribution is 5.78. The number of carbonyl (C=O) groups is 1. The summed E-state index contributed by atoms with van der Waals surface area (Å²) in [6.07, 6.45) is 4.29. The molecule has 0 radical (unpaired) electrons. The summed E-state index contributed by atoms with van der Waals surface area (Å²) in [5.74, 6) is 0.675. The SMILES string of the molecule is CC(C)c1ccc(CN(CC(=O)NCC2(c3ccccc3)CCOCC2)C2CC2)cc1. The lowest BCUT2D eigenvalue weighted by Crippen LogP contribution is -2.47. The summed E-state index contributed by atoms with van der Waals surface area (Å²) in [7, 11) is 0. The highest BCUT2D eigenvalue weighted by atomic mass is 16.5. The largest absolute Gasteiger partial charge is 0.381 e. The van der Waals surface area contributed by atoms with Crippen LogP contribution in [-0.2, 0) is 21.5 Å². The lowest BCUT2D eigenvalue weighted by atomic mass is 9.74. The van der Waals surface area contributed by atoms with Crippen molar-refractivity contribution in [2.45, 2.75) is 63.5 Å². The molecule has 1 aliphatic carbocycles. The lowest BCUT2D eigenvalue weighted by Gasteiger charge is -2.38. The molecule has 2 aromatic rings. The molecule has 1 saturated heterocycles. The van der Waals surface area contributed by atoms with E-state index in [1.807, 2.05) is 0 Å². The third-order valence-corrected chi connectivity index (χ3v) is 6.90. The van der Waals surface area contributed by atoms with Crippen LogP contribution in [0.3, 0.4) is 0 Å². The molecule has 0 spiro atoms. The predicted molar refractivity (Wildman–Crippen MR) is 125 cm³/mol. The van der Waals surface area contributed by atoms with Crippen molar-refractivity contribution in [3.63, 3.8) is 0 Å². The van der Waals surface area contributed by atoms with E-state index in [-0.39, 0.29) is 11.3 Å². The fourth-order valence-electron chi connectivity index (χ4n) is 4.63. The number of carbonyl (C=O) groups excluding carboxylic acids is 1. The minimum absolute atomic E-state index is 0.0216. The highest BCUT2D eigenvalue weighted by Gasteiger charge is 2.35. The maximum absolute atomic E-state index is 13.0. The molecule has 2 aromatic carbocycles. The molecule has 4 nitrogen and oxygen atoms in total. The Labute approximate surface area is 187 Å². The molecule has 0 unspecified atom stereocenters. The normalized spacial score (nSPS) is 18.3. The molecule has 1 heterocycles. The van der Waals surface area contributed by atoms with Gasteiger partial charge in [0.15, 0.2) is 0 Å². The van der Waals surface area contributed by atoms with E-state index in [4.69, 9.17) is 4.74 Å². The minimum Gasteiger partial charge on any atom is -0.381 e. The number of rotatable bonds is 9. The fourth-order valence-corrected chi connectivity index (χ4v) is 4.63. The first-order valence-corrected chi connectivity index (χ1v) is 11.8. The smallest absolute Gasteiger partial charge is 0.234 e. The minimum atomic E-state index is -0.0216. The Balaban J connectivity index is 1.36. The molecule has 1 N–H and O–H groups in total. The summed E-state index contributed by atoms with van der Waals surface area (Å²) in [4.78, 5) is 15.3. The molecule has 1 amide bonds. The van der Waals surface area contributed by atoms with E-state index >= 15 is 0 Å². The van der Waals surface area contributed by atoms with Crippen LogP contribution in [-0.4, -0.2) is 43.2 Å². The predicted octanol–water partition coefficient (Wildman–Crippen LogP) is 4.64. The third-order valence-electron chi connectivity index (χ3n) is 6.90. The Morgan fingerprint density at radius 2 is 1.74 bits per heavy atom. The van der Waals surface area contributed by atoms with Crippen LogP contribution in [0.25, 0.3) is 0 Å². The van der Waals surface area contributed by atoms with Gasteiger partial charge in [-0.1, -0.05) is 68.4 Å². The molecule has 1 saturated carbocycles. The van der Waals surface area contributed by atoms with Crippen LogP contribution >= 0.6 is 0 Å². The van der Waals surface area contributed by atoms with E-state index in [1.165, 1.54) is 29.5 Å². The Bertz CT molecular complexity index is 837. The number of hydrogen-bond donors (Lipinski definition) is 1. The summed E-state index contributed by atoms with van der Waals surface area (Å²) < 4.78 is 5.63. The van der Waals surface area contributed by atoms with Crippen LogP contribution in [0.2, 0.25) is 0 Å². The average molecular weight is 421 g/mol. The second-order valence-corrected chi connectivity index (χ2v) is 9.57. The van der Waals surface area contributed by atoms with Crippen LogP contribution in [0.5, 0.6) is 0 Å². The van der Waals surface area contributed by atoms with Gasteiger partial charge in [0.2, 0.25) is 5.91 Å². The third kappa shape index (κ3) is 5.75. The zero-order chi connectivity index (χ0) is 21.7. The Kier molecular flexibility index (Phi) is 7.09. The van der Waals surface area contributed by atoms with Gasteiger partial charge in [0.25, 0.3) is 0 Å². The molecular formula is C27H36N2O2. The lowest BCUT2D eigenvalue weighted by molar-refractivity contribution is -0.123. The van der Waals surface area contributed by atoms with E-state index in [1.54, 1.807) is 0 Å². The second-order valence-electron chi connectivity index (χ2n) is 9.57. The number of benzene rings is 2. The van der Waals surface area contributed by atoms with Crippen molar-refractivity contribution in [1.29, 1.82) is 0 Å². The summed E-state index contributed by atoms with van der Waals surface area (Å²) in [5, 5.41) is 3.28. The van der Waals surface area contributed by atoms with Crippen LogP contribution in [0.15, 0.2) is 54.6 Å². The van der Waals surface area contributed by atoms with Gasteiger partial charge in [-0.3, -0.25) is 9.69 Å². The maximum atomic E-state index is 13.0. The van der Waals surface area contributed by atoms with E-state index in [0.29, 0.717) is 25.0 Å². The number of nitrogens with zero attached hydrogens (tertiary/aromatic N) is 1. The van der Waals surface area contributed by atoms with Gasteiger partial charge in [-0.25, -0.2) is 0 Å². The first-order valence-electron chi connectivity index (χ1n) is 11.8. The Morgan fingerprint density at radius 3 is 2.35 bits per heavy atom. The van der Waals surface area contributed by atoms with Crippen LogP contribution < -0.4 is 5.32 Å². The van der Waals surface area contributed by atoms with Gasteiger partial charge in [-0.15, -0.1) is 0 Å². The van der Waals surface area contributed by atoms with Gasteiger partial charge in [-0.2, -0.15) is 0 Å². The van der Waals surface area contributed by atoms with Crippen molar-refractivity contribution in [3.8, 4) is 0 Å². The zero-order valence-electron chi connectivity index (χ0n) is 19.0. The Hall–Kier alpha value is -2.17. The molecular weight excluding hydrogens is 384 g/mol. The van der Waals surface area contributed by atoms with Crippen LogP contribution in [0.1, 0.15) is 62.1 Å². The molecule has 2 fully saturated rings. The molecule has 1 aliphatic heterocycles. The second kappa shape index (κ2) is 9.97. The summed E-state index contributed by atoms with van der Waals surface area (Å²) in [6.45, 7) is 7.94. The van der Waals surface area contributed by atoms with Crippen molar-refractivity contribution < 1.29 is 9.53 Å². The molecule has 4 rings (SSSR count). The summed E-state index contributed by atoms with van der Waals surface area (Å²) >= 11 is 0. The van der Waals surface area contributed by atoms with Crippen LogP contribution in [0, 0.1) is 0 Å². The van der Waals surface area contributed by atoms with E-state index < -0.39 is 0 Å².